The third kappa shape index (κ3) is 3.94. The van der Waals surface area contributed by atoms with E-state index in [-0.39, 0.29) is 35.8 Å². The van der Waals surface area contributed by atoms with Gasteiger partial charge in [-0.2, -0.15) is 9.97 Å². The van der Waals surface area contributed by atoms with Gasteiger partial charge in [0.25, 0.3) is 0 Å². The molecule has 4 aliphatic heterocycles. The van der Waals surface area contributed by atoms with Crippen LogP contribution in [0.25, 0.3) is 10.9 Å². The molecule has 1 N–H and O–H groups in total. The van der Waals surface area contributed by atoms with Crippen molar-refractivity contribution in [2.24, 2.45) is 0 Å². The Kier molecular flexibility index (Phi) is 5.99. The van der Waals surface area contributed by atoms with Crippen LogP contribution in [0.5, 0.6) is 6.01 Å². The Balaban J connectivity index is 1.37. The number of carbonyl (C=O) groups is 1. The summed E-state index contributed by atoms with van der Waals surface area (Å²) in [7, 11) is 0. The molecule has 1 amide bonds. The van der Waals surface area contributed by atoms with Gasteiger partial charge >= 0.3 is 12.1 Å². The summed E-state index contributed by atoms with van der Waals surface area (Å²) in [6.07, 6.45) is 2.08. The Morgan fingerprint density at radius 3 is 2.74 bits per heavy atom. The summed E-state index contributed by atoms with van der Waals surface area (Å²) in [5.74, 6) is 0.0599. The fourth-order valence-corrected chi connectivity index (χ4v) is 7.33. The van der Waals surface area contributed by atoms with Gasteiger partial charge in [-0.1, -0.05) is 0 Å². The molecule has 0 aliphatic carbocycles. The third-order valence-electron chi connectivity index (χ3n) is 8.02. The number of ether oxygens (including phenoxy) is 1. The molecule has 4 fully saturated rings. The predicted octanol–water partition coefficient (Wildman–Crippen LogP) is 4.42. The second kappa shape index (κ2) is 8.79. The molecule has 4 aliphatic rings. The van der Waals surface area contributed by atoms with Gasteiger partial charge < -0.3 is 14.7 Å². The molecule has 0 saturated carbocycles. The molecule has 4 atom stereocenters. The SMILES string of the molecule is O=C(O)N1[C@@H]2CC[C@H]1CN(c1nc(OC[C@@]34CCCN3C[C@H](F)C4)nc3c(F)c(Br)c(I)cc13)C2. The van der Waals surface area contributed by atoms with Crippen molar-refractivity contribution in [2.45, 2.75) is 55.9 Å². The van der Waals surface area contributed by atoms with E-state index in [1.165, 1.54) is 0 Å². The summed E-state index contributed by atoms with van der Waals surface area (Å²) in [5, 5.41) is 10.2. The highest BCUT2D eigenvalue weighted by atomic mass is 127. The van der Waals surface area contributed by atoms with Crippen molar-refractivity contribution in [1.29, 1.82) is 0 Å². The Labute approximate surface area is 223 Å². The fourth-order valence-electron chi connectivity index (χ4n) is 6.48. The molecule has 1 aromatic heterocycles. The molecule has 188 valence electrons. The number of hydrogen-bond donors (Lipinski definition) is 1. The van der Waals surface area contributed by atoms with Crippen molar-refractivity contribution in [3.63, 3.8) is 0 Å². The van der Waals surface area contributed by atoms with Crippen molar-refractivity contribution in [1.82, 2.24) is 19.8 Å². The monoisotopic (exact) mass is 663 g/mol. The number of amides is 1. The highest BCUT2D eigenvalue weighted by Crippen LogP contribution is 2.41. The van der Waals surface area contributed by atoms with Crippen LogP contribution in [0.2, 0.25) is 0 Å². The molecule has 8 nitrogen and oxygen atoms in total. The zero-order chi connectivity index (χ0) is 24.5. The van der Waals surface area contributed by atoms with Crippen LogP contribution in [0.15, 0.2) is 10.5 Å². The second-order valence-electron chi connectivity index (χ2n) is 10.1. The van der Waals surface area contributed by atoms with Gasteiger partial charge in [0.05, 0.1) is 22.1 Å². The van der Waals surface area contributed by atoms with E-state index >= 15 is 4.39 Å². The summed E-state index contributed by atoms with van der Waals surface area (Å²) in [5.41, 5.74) is -0.212. The molecule has 0 spiro atoms. The second-order valence-corrected chi connectivity index (χ2v) is 12.0. The zero-order valence-corrected chi connectivity index (χ0v) is 22.6. The standard InChI is InChI=1S/C23H25BrF2IN5O3/c24-17-16(27)6-15-19(18(17)26)28-21(35-11-23-4-1-5-31(23)8-12(25)7-23)29-20(15)30-9-13-2-3-14(10-30)32(13)22(33)34/h6,12-14H,1-5,7-11H2,(H,33,34)/t12-,13-,14+,23+/m1/s1. The highest BCUT2D eigenvalue weighted by Gasteiger charge is 2.49. The van der Waals surface area contributed by atoms with Gasteiger partial charge in [0.1, 0.15) is 24.1 Å². The molecule has 12 heteroatoms. The van der Waals surface area contributed by atoms with Crippen LogP contribution in [-0.4, -0.2) is 87.5 Å². The van der Waals surface area contributed by atoms with Crippen LogP contribution < -0.4 is 9.64 Å². The van der Waals surface area contributed by atoms with Gasteiger partial charge in [-0.3, -0.25) is 9.80 Å². The lowest BCUT2D eigenvalue weighted by Crippen LogP contribution is -2.55. The Hall–Kier alpha value is -1.54. The molecule has 2 bridgehead atoms. The van der Waals surface area contributed by atoms with E-state index in [0.29, 0.717) is 45.3 Å². The molecule has 1 aromatic carbocycles. The molecular formula is C23H25BrF2IN5O3. The fraction of sp³-hybridized carbons (Fsp3) is 0.609. The van der Waals surface area contributed by atoms with Crippen LogP contribution in [0.3, 0.4) is 0 Å². The maximum Gasteiger partial charge on any atom is 0.407 e. The predicted molar refractivity (Wildman–Crippen MR) is 137 cm³/mol. The molecule has 2 aromatic rings. The van der Waals surface area contributed by atoms with E-state index in [4.69, 9.17) is 9.72 Å². The van der Waals surface area contributed by atoms with Crippen LogP contribution in [0.4, 0.5) is 19.4 Å². The summed E-state index contributed by atoms with van der Waals surface area (Å²) in [6.45, 7) is 2.48. The van der Waals surface area contributed by atoms with E-state index in [1.54, 1.807) is 4.90 Å². The Morgan fingerprint density at radius 2 is 2.03 bits per heavy atom. The van der Waals surface area contributed by atoms with Crippen LogP contribution in [-0.2, 0) is 0 Å². The number of nitrogens with zero attached hydrogens (tertiary/aromatic N) is 5. The number of benzene rings is 1. The number of alkyl halides is 1. The van der Waals surface area contributed by atoms with Crippen LogP contribution in [0, 0.1) is 9.39 Å². The van der Waals surface area contributed by atoms with Gasteiger partial charge in [-0.25, -0.2) is 13.6 Å². The van der Waals surface area contributed by atoms with Gasteiger partial charge in [-0.05, 0) is 76.8 Å². The Morgan fingerprint density at radius 1 is 1.29 bits per heavy atom. The molecule has 5 heterocycles. The van der Waals surface area contributed by atoms with E-state index in [9.17, 15) is 14.3 Å². The molecule has 4 saturated heterocycles. The minimum absolute atomic E-state index is 0.0658. The van der Waals surface area contributed by atoms with Gasteiger partial charge in [0, 0.05) is 35.0 Å². The first-order valence-electron chi connectivity index (χ1n) is 11.9. The van der Waals surface area contributed by atoms with Crippen molar-refractivity contribution in [3.8, 4) is 6.01 Å². The van der Waals surface area contributed by atoms with E-state index in [0.717, 1.165) is 32.2 Å². The maximum absolute atomic E-state index is 15.4. The molecule has 6 rings (SSSR count). The minimum Gasteiger partial charge on any atom is -0.465 e. The lowest BCUT2D eigenvalue weighted by Gasteiger charge is -2.40. The summed E-state index contributed by atoms with van der Waals surface area (Å²) >= 11 is 5.38. The molecule has 0 unspecified atom stereocenters. The first kappa shape index (κ1) is 23.8. The average molecular weight is 664 g/mol. The zero-order valence-electron chi connectivity index (χ0n) is 18.9. The number of halogens is 4. The summed E-state index contributed by atoms with van der Waals surface area (Å²) in [6, 6.07) is 1.64. The quantitative estimate of drug-likeness (QED) is 0.383. The van der Waals surface area contributed by atoms with Gasteiger partial charge in [-0.15, -0.1) is 0 Å². The Bertz CT molecular complexity index is 1190. The first-order valence-corrected chi connectivity index (χ1v) is 13.8. The van der Waals surface area contributed by atoms with E-state index < -0.39 is 18.1 Å². The maximum atomic E-state index is 15.4. The van der Waals surface area contributed by atoms with E-state index in [2.05, 4.69) is 48.4 Å². The number of rotatable bonds is 4. The average Bonchev–Trinajstić information content (AvgIpc) is 3.43. The number of aromatic nitrogens is 2. The van der Waals surface area contributed by atoms with Crippen LogP contribution in [0.1, 0.15) is 32.1 Å². The highest BCUT2D eigenvalue weighted by molar-refractivity contribution is 14.1. The van der Waals surface area contributed by atoms with E-state index in [1.807, 2.05) is 11.0 Å². The topological polar surface area (TPSA) is 82.0 Å². The van der Waals surface area contributed by atoms with Crippen molar-refractivity contribution in [3.05, 3.63) is 19.9 Å². The smallest absolute Gasteiger partial charge is 0.407 e. The number of hydrogen-bond acceptors (Lipinski definition) is 6. The lowest BCUT2D eigenvalue weighted by molar-refractivity contribution is 0.107. The van der Waals surface area contributed by atoms with Crippen molar-refractivity contribution < 1.29 is 23.4 Å². The molecule has 35 heavy (non-hydrogen) atoms. The number of piperazine rings is 1. The minimum atomic E-state index is -0.902. The van der Waals surface area contributed by atoms with Crippen molar-refractivity contribution >= 4 is 61.3 Å². The largest absolute Gasteiger partial charge is 0.465 e. The number of carboxylic acid groups (broad SMARTS) is 1. The number of fused-ring (bicyclic) bond motifs is 4. The lowest BCUT2D eigenvalue weighted by atomic mass is 9.95. The van der Waals surface area contributed by atoms with Gasteiger partial charge in [0.15, 0.2) is 5.82 Å². The van der Waals surface area contributed by atoms with Crippen LogP contribution >= 0.6 is 38.5 Å². The third-order valence-corrected chi connectivity index (χ3v) is 10.4. The summed E-state index contributed by atoms with van der Waals surface area (Å²) in [4.78, 5) is 26.6. The number of anilines is 1. The first-order chi connectivity index (χ1) is 16.8. The summed E-state index contributed by atoms with van der Waals surface area (Å²) < 4.78 is 36.7. The molecule has 0 radical (unpaired) electrons. The normalized spacial score (nSPS) is 30.3. The van der Waals surface area contributed by atoms with Crippen molar-refractivity contribution in [2.75, 3.05) is 37.7 Å². The van der Waals surface area contributed by atoms with Gasteiger partial charge in [0.2, 0.25) is 0 Å². The molecular weight excluding hydrogens is 639 g/mol.